The average Bonchev–Trinajstić information content (AvgIpc) is 3.22. The normalized spacial score (nSPS) is 15.6. The van der Waals surface area contributed by atoms with Gasteiger partial charge in [-0.25, -0.2) is 4.68 Å². The van der Waals surface area contributed by atoms with Gasteiger partial charge >= 0.3 is 0 Å². The van der Waals surface area contributed by atoms with Crippen LogP contribution in [0.4, 0.5) is 0 Å². The van der Waals surface area contributed by atoms with Crippen LogP contribution in [0, 0.1) is 0 Å². The second-order valence-corrected chi connectivity index (χ2v) is 6.98. The van der Waals surface area contributed by atoms with Crippen LogP contribution >= 0.6 is 0 Å². The van der Waals surface area contributed by atoms with E-state index in [1.165, 1.54) is 11.3 Å². The number of amides is 1. The van der Waals surface area contributed by atoms with Crippen molar-refractivity contribution in [2.45, 2.75) is 31.7 Å². The molecule has 5 rings (SSSR count). The van der Waals surface area contributed by atoms with Crippen LogP contribution in [0.15, 0.2) is 42.6 Å². The number of aryl methyl sites for hydroxylation is 1. The van der Waals surface area contributed by atoms with E-state index in [-0.39, 0.29) is 5.91 Å². The lowest BCUT2D eigenvalue weighted by atomic mass is 9.96. The molecular weight excluding hydrogens is 312 g/mol. The number of hydrogen-bond acceptors (Lipinski definition) is 2. The summed E-state index contributed by atoms with van der Waals surface area (Å²) in [6.45, 7) is 0. The minimum atomic E-state index is 0.0310. The van der Waals surface area contributed by atoms with E-state index in [1.54, 1.807) is 0 Å². The zero-order chi connectivity index (χ0) is 17.0. The maximum atomic E-state index is 12.5. The van der Waals surface area contributed by atoms with Crippen molar-refractivity contribution in [2.75, 3.05) is 0 Å². The minimum Gasteiger partial charge on any atom is -0.348 e. The number of benzene rings is 1. The number of nitrogens with one attached hydrogen (secondary N) is 1. The van der Waals surface area contributed by atoms with Crippen molar-refractivity contribution >= 4 is 5.91 Å². The van der Waals surface area contributed by atoms with E-state index >= 15 is 0 Å². The minimum absolute atomic E-state index is 0.0310. The van der Waals surface area contributed by atoms with E-state index in [4.69, 9.17) is 5.10 Å². The molecule has 2 aliphatic rings. The molecule has 126 valence electrons. The number of nitrogens with zero attached hydrogens (tertiary/aromatic N) is 3. The van der Waals surface area contributed by atoms with Crippen molar-refractivity contribution < 1.29 is 4.79 Å². The Bertz CT molecular complexity index is 963. The van der Waals surface area contributed by atoms with Crippen LogP contribution in [0.3, 0.4) is 0 Å². The van der Waals surface area contributed by atoms with Gasteiger partial charge in [-0.2, -0.15) is 5.10 Å². The molecule has 2 heterocycles. The standard InChI is InChI=1S/C20H20N4O/c1-23-17-10-7-13-12-24(15-5-3-2-4-6-15)22-19(13)16(17)11-18(23)20(25)21-14-8-9-14/h2-6,11-12,14H,7-10H2,1H3,(H,21,25). The summed E-state index contributed by atoms with van der Waals surface area (Å²) in [5, 5.41) is 7.91. The molecule has 3 aromatic rings. The van der Waals surface area contributed by atoms with E-state index in [2.05, 4.69) is 23.6 Å². The Morgan fingerprint density at radius 1 is 1.20 bits per heavy atom. The molecule has 1 N–H and O–H groups in total. The highest BCUT2D eigenvalue weighted by atomic mass is 16.2. The van der Waals surface area contributed by atoms with Crippen molar-refractivity contribution in [2.24, 2.45) is 7.05 Å². The van der Waals surface area contributed by atoms with Gasteiger partial charge in [-0.1, -0.05) is 18.2 Å². The molecule has 0 saturated heterocycles. The first kappa shape index (κ1) is 14.5. The number of para-hydroxylation sites is 1. The molecule has 0 bridgehead atoms. The Morgan fingerprint density at radius 3 is 2.76 bits per heavy atom. The zero-order valence-corrected chi connectivity index (χ0v) is 14.2. The lowest BCUT2D eigenvalue weighted by Gasteiger charge is -2.13. The molecule has 0 atom stereocenters. The van der Waals surface area contributed by atoms with Gasteiger partial charge in [0.1, 0.15) is 5.69 Å². The molecule has 5 nitrogen and oxygen atoms in total. The maximum Gasteiger partial charge on any atom is 0.268 e. The molecule has 2 aliphatic carbocycles. The van der Waals surface area contributed by atoms with E-state index in [9.17, 15) is 4.79 Å². The van der Waals surface area contributed by atoms with Crippen LogP contribution in [-0.4, -0.2) is 26.3 Å². The molecule has 0 aliphatic heterocycles. The lowest BCUT2D eigenvalue weighted by molar-refractivity contribution is 0.0942. The summed E-state index contributed by atoms with van der Waals surface area (Å²) in [7, 11) is 1.99. The Balaban J connectivity index is 1.56. The summed E-state index contributed by atoms with van der Waals surface area (Å²) in [5.41, 5.74) is 6.34. The van der Waals surface area contributed by atoms with Gasteiger partial charge in [-0.05, 0) is 49.4 Å². The SMILES string of the molecule is Cn1c(C(=O)NC2CC2)cc2c1CCc1cn(-c3ccccc3)nc1-2. The Hall–Kier alpha value is -2.82. The first-order valence-electron chi connectivity index (χ1n) is 8.84. The van der Waals surface area contributed by atoms with Crippen LogP contribution in [0.25, 0.3) is 16.9 Å². The number of aromatic nitrogens is 3. The molecule has 0 radical (unpaired) electrons. The summed E-state index contributed by atoms with van der Waals surface area (Å²) in [6.07, 6.45) is 6.21. The van der Waals surface area contributed by atoms with Crippen LogP contribution in [0.1, 0.15) is 34.6 Å². The molecule has 1 saturated carbocycles. The highest BCUT2D eigenvalue weighted by molar-refractivity contribution is 5.95. The number of carbonyl (C=O) groups excluding carboxylic acids is 1. The van der Waals surface area contributed by atoms with Gasteiger partial charge in [-0.3, -0.25) is 4.79 Å². The van der Waals surface area contributed by atoms with Crippen molar-refractivity contribution in [3.05, 3.63) is 59.5 Å². The molecule has 0 unspecified atom stereocenters. The van der Waals surface area contributed by atoms with Crippen LogP contribution in [0.2, 0.25) is 0 Å². The Kier molecular flexibility index (Phi) is 3.10. The number of carbonyl (C=O) groups is 1. The van der Waals surface area contributed by atoms with Crippen molar-refractivity contribution in [3.63, 3.8) is 0 Å². The second kappa shape index (κ2) is 5.34. The van der Waals surface area contributed by atoms with Crippen molar-refractivity contribution in [3.8, 4) is 16.9 Å². The van der Waals surface area contributed by atoms with Gasteiger partial charge in [-0.15, -0.1) is 0 Å². The summed E-state index contributed by atoms with van der Waals surface area (Å²) >= 11 is 0. The summed E-state index contributed by atoms with van der Waals surface area (Å²) in [4.78, 5) is 12.5. The third-order valence-corrected chi connectivity index (χ3v) is 5.20. The lowest BCUT2D eigenvalue weighted by Crippen LogP contribution is -2.27. The molecule has 0 spiro atoms. The molecule has 25 heavy (non-hydrogen) atoms. The van der Waals surface area contributed by atoms with Gasteiger partial charge in [0.15, 0.2) is 0 Å². The highest BCUT2D eigenvalue weighted by Crippen LogP contribution is 2.35. The third kappa shape index (κ3) is 2.38. The quantitative estimate of drug-likeness (QED) is 0.802. The molecule has 1 fully saturated rings. The monoisotopic (exact) mass is 332 g/mol. The van der Waals surface area contributed by atoms with Crippen LogP contribution in [-0.2, 0) is 19.9 Å². The summed E-state index contributed by atoms with van der Waals surface area (Å²) in [6, 6.07) is 12.5. The van der Waals surface area contributed by atoms with Crippen molar-refractivity contribution in [1.82, 2.24) is 19.7 Å². The van der Waals surface area contributed by atoms with E-state index in [1.807, 2.05) is 40.6 Å². The molecule has 5 heteroatoms. The number of fused-ring (bicyclic) bond motifs is 3. The third-order valence-electron chi connectivity index (χ3n) is 5.20. The number of rotatable bonds is 3. The predicted octanol–water partition coefficient (Wildman–Crippen LogP) is 2.87. The van der Waals surface area contributed by atoms with Gasteiger partial charge in [0.25, 0.3) is 5.91 Å². The topological polar surface area (TPSA) is 51.9 Å². The van der Waals surface area contributed by atoms with E-state index in [0.717, 1.165) is 48.3 Å². The highest BCUT2D eigenvalue weighted by Gasteiger charge is 2.29. The Morgan fingerprint density at radius 2 is 2.00 bits per heavy atom. The fourth-order valence-corrected chi connectivity index (χ4v) is 3.64. The summed E-state index contributed by atoms with van der Waals surface area (Å²) in [5.74, 6) is 0.0310. The van der Waals surface area contributed by atoms with Crippen LogP contribution in [0.5, 0.6) is 0 Å². The maximum absolute atomic E-state index is 12.5. The predicted molar refractivity (Wildman–Crippen MR) is 95.9 cm³/mol. The number of hydrogen-bond donors (Lipinski definition) is 1. The first-order chi connectivity index (χ1) is 12.2. The van der Waals surface area contributed by atoms with Gasteiger partial charge in [0.05, 0.1) is 11.4 Å². The van der Waals surface area contributed by atoms with E-state index < -0.39 is 0 Å². The molecule has 1 amide bonds. The fourth-order valence-electron chi connectivity index (χ4n) is 3.64. The largest absolute Gasteiger partial charge is 0.348 e. The van der Waals surface area contributed by atoms with Gasteiger partial charge in [0, 0.05) is 30.5 Å². The summed E-state index contributed by atoms with van der Waals surface area (Å²) < 4.78 is 3.98. The molecular formula is C20H20N4O. The first-order valence-corrected chi connectivity index (χ1v) is 8.84. The smallest absolute Gasteiger partial charge is 0.268 e. The van der Waals surface area contributed by atoms with Gasteiger partial charge < -0.3 is 9.88 Å². The van der Waals surface area contributed by atoms with Crippen LogP contribution < -0.4 is 5.32 Å². The average molecular weight is 332 g/mol. The molecule has 1 aromatic carbocycles. The Labute approximate surface area is 146 Å². The fraction of sp³-hybridized carbons (Fsp3) is 0.300. The van der Waals surface area contributed by atoms with Crippen molar-refractivity contribution in [1.29, 1.82) is 0 Å². The second-order valence-electron chi connectivity index (χ2n) is 6.98. The zero-order valence-electron chi connectivity index (χ0n) is 14.2. The molecule has 2 aromatic heterocycles. The van der Waals surface area contributed by atoms with Gasteiger partial charge in [0.2, 0.25) is 0 Å². The van der Waals surface area contributed by atoms with E-state index in [0.29, 0.717) is 6.04 Å².